The zero-order valence-corrected chi connectivity index (χ0v) is 60.4. The summed E-state index contributed by atoms with van der Waals surface area (Å²) in [5, 5.41) is 10.6. The van der Waals surface area contributed by atoms with E-state index in [-0.39, 0.29) is 25.7 Å². The number of aliphatic hydroxyl groups is 1. The molecule has 17 nitrogen and oxygen atoms in total. The van der Waals surface area contributed by atoms with Crippen molar-refractivity contribution in [3.05, 3.63) is 0 Å². The minimum atomic E-state index is -4.95. The summed E-state index contributed by atoms with van der Waals surface area (Å²) < 4.78 is 68.2. The van der Waals surface area contributed by atoms with Crippen LogP contribution in [0.5, 0.6) is 0 Å². The highest BCUT2D eigenvalue weighted by Gasteiger charge is 2.30. The number of esters is 4. The molecule has 0 fully saturated rings. The van der Waals surface area contributed by atoms with Crippen LogP contribution in [-0.4, -0.2) is 96.7 Å². The number of aliphatic hydroxyl groups excluding tert-OH is 1. The van der Waals surface area contributed by atoms with Crippen LogP contribution in [-0.2, 0) is 65.4 Å². The Morgan fingerprint density at radius 1 is 0.300 bits per heavy atom. The number of phosphoric ester groups is 2. The van der Waals surface area contributed by atoms with E-state index in [1.165, 1.54) is 161 Å². The Balaban J connectivity index is 5.19. The van der Waals surface area contributed by atoms with Crippen LogP contribution in [0.2, 0.25) is 0 Å². The standard InChI is InChI=1S/C71H138O17P2/c1-8-9-10-11-12-13-14-19-23-26-29-38-45-52-68(73)81-58-66(87-70(75)54-47-40-30-27-24-21-18-16-15-17-20-22-25-28-35-42-49-62(2)3)60-85-89(77,78)83-56-65(72)57-84-90(79,80)86-61-67(88-71(76)55-48-41-34-32-37-44-51-64(6)7)59-82-69(74)53-46-39-33-31-36-43-50-63(4)5/h62-67,72H,8-61H2,1-7H3,(H,77,78)(H,79,80)/t65-,66-,67-/m1/s1. The third-order valence-corrected chi connectivity index (χ3v) is 18.3. The van der Waals surface area contributed by atoms with Crippen LogP contribution in [0, 0.1) is 17.8 Å². The summed E-state index contributed by atoms with van der Waals surface area (Å²) in [4.78, 5) is 72.5. The first kappa shape index (κ1) is 88.1. The van der Waals surface area contributed by atoms with Gasteiger partial charge in [0.1, 0.15) is 19.3 Å². The van der Waals surface area contributed by atoms with E-state index >= 15 is 0 Å². The molecule has 0 aromatic heterocycles. The second-order valence-electron chi connectivity index (χ2n) is 27.1. The van der Waals surface area contributed by atoms with Gasteiger partial charge in [-0.25, -0.2) is 9.13 Å². The maximum Gasteiger partial charge on any atom is 0.472 e. The molecule has 534 valence electrons. The highest BCUT2D eigenvalue weighted by molar-refractivity contribution is 7.47. The molecule has 0 saturated carbocycles. The first-order valence-corrected chi connectivity index (χ1v) is 39.8. The van der Waals surface area contributed by atoms with Gasteiger partial charge in [0.25, 0.3) is 0 Å². The summed E-state index contributed by atoms with van der Waals surface area (Å²) in [6, 6.07) is 0. The Kier molecular flexibility index (Phi) is 60.6. The molecule has 0 aromatic carbocycles. The van der Waals surface area contributed by atoms with Crippen LogP contribution in [0.25, 0.3) is 0 Å². The van der Waals surface area contributed by atoms with Crippen molar-refractivity contribution in [2.24, 2.45) is 17.8 Å². The summed E-state index contributed by atoms with van der Waals surface area (Å²) in [6.07, 6.45) is 46.2. The molecule has 0 radical (unpaired) electrons. The minimum Gasteiger partial charge on any atom is -0.462 e. The van der Waals surface area contributed by atoms with Crippen molar-refractivity contribution < 1.29 is 80.2 Å². The molecule has 0 rings (SSSR count). The predicted molar refractivity (Wildman–Crippen MR) is 363 cm³/mol. The van der Waals surface area contributed by atoms with E-state index in [1.807, 2.05) is 0 Å². The number of carbonyl (C=O) groups excluding carboxylic acids is 4. The number of phosphoric acid groups is 2. The molecule has 90 heavy (non-hydrogen) atoms. The van der Waals surface area contributed by atoms with Gasteiger partial charge in [-0.1, -0.05) is 305 Å². The maximum absolute atomic E-state index is 13.0. The third kappa shape index (κ3) is 64.8. The van der Waals surface area contributed by atoms with Crippen molar-refractivity contribution >= 4 is 39.5 Å². The average Bonchev–Trinajstić information content (AvgIpc) is 3.12. The fraction of sp³-hybridized carbons (Fsp3) is 0.944. The molecule has 19 heteroatoms. The van der Waals surface area contributed by atoms with Gasteiger partial charge in [-0.05, 0) is 43.4 Å². The fourth-order valence-electron chi connectivity index (χ4n) is 10.7. The lowest BCUT2D eigenvalue weighted by Crippen LogP contribution is -2.30. The van der Waals surface area contributed by atoms with Gasteiger partial charge in [-0.15, -0.1) is 0 Å². The number of unbranched alkanes of at least 4 members (excludes halogenated alkanes) is 37. The van der Waals surface area contributed by atoms with Crippen LogP contribution < -0.4 is 0 Å². The second kappa shape index (κ2) is 61.9. The summed E-state index contributed by atoms with van der Waals surface area (Å²) in [7, 11) is -9.90. The van der Waals surface area contributed by atoms with E-state index in [1.54, 1.807) is 0 Å². The van der Waals surface area contributed by atoms with Crippen LogP contribution in [0.15, 0.2) is 0 Å². The molecule has 0 aromatic rings. The molecule has 0 aliphatic carbocycles. The van der Waals surface area contributed by atoms with Gasteiger partial charge >= 0.3 is 39.5 Å². The monoisotopic (exact) mass is 1320 g/mol. The normalized spacial score (nSPS) is 14.2. The van der Waals surface area contributed by atoms with Gasteiger partial charge in [-0.3, -0.25) is 37.3 Å². The molecule has 0 bridgehead atoms. The summed E-state index contributed by atoms with van der Waals surface area (Å²) in [6.45, 7) is 11.7. The van der Waals surface area contributed by atoms with Gasteiger partial charge in [0, 0.05) is 25.7 Å². The lowest BCUT2D eigenvalue weighted by atomic mass is 10.0. The number of ether oxygens (including phenoxy) is 4. The highest BCUT2D eigenvalue weighted by atomic mass is 31.2. The van der Waals surface area contributed by atoms with Crippen molar-refractivity contribution in [3.63, 3.8) is 0 Å². The Bertz CT molecular complexity index is 1770. The quantitative estimate of drug-likeness (QED) is 0.0222. The highest BCUT2D eigenvalue weighted by Crippen LogP contribution is 2.45. The van der Waals surface area contributed by atoms with Gasteiger partial charge < -0.3 is 33.8 Å². The van der Waals surface area contributed by atoms with E-state index in [9.17, 15) is 43.2 Å². The minimum absolute atomic E-state index is 0.101. The van der Waals surface area contributed by atoms with Gasteiger partial charge in [-0.2, -0.15) is 0 Å². The van der Waals surface area contributed by atoms with Crippen LogP contribution >= 0.6 is 15.6 Å². The molecule has 0 heterocycles. The first-order chi connectivity index (χ1) is 43.2. The van der Waals surface area contributed by atoms with Crippen LogP contribution in [0.3, 0.4) is 0 Å². The van der Waals surface area contributed by atoms with E-state index in [0.29, 0.717) is 37.5 Å². The Morgan fingerprint density at radius 2 is 0.511 bits per heavy atom. The molecule has 0 aliphatic rings. The average molecular weight is 1330 g/mol. The second-order valence-corrected chi connectivity index (χ2v) is 30.0. The Hall–Kier alpha value is -1.94. The van der Waals surface area contributed by atoms with E-state index in [4.69, 9.17) is 37.0 Å². The summed E-state index contributed by atoms with van der Waals surface area (Å²) >= 11 is 0. The van der Waals surface area contributed by atoms with E-state index in [0.717, 1.165) is 102 Å². The molecule has 0 saturated heterocycles. The van der Waals surface area contributed by atoms with Crippen molar-refractivity contribution in [2.45, 2.75) is 375 Å². The molecule has 5 atom stereocenters. The first-order valence-electron chi connectivity index (χ1n) is 36.8. The topological polar surface area (TPSA) is 237 Å². The fourth-order valence-corrected chi connectivity index (χ4v) is 12.3. The number of hydrogen-bond donors (Lipinski definition) is 3. The van der Waals surface area contributed by atoms with E-state index < -0.39 is 97.5 Å². The zero-order valence-electron chi connectivity index (χ0n) is 58.6. The lowest BCUT2D eigenvalue weighted by Gasteiger charge is -2.21. The van der Waals surface area contributed by atoms with Crippen molar-refractivity contribution in [2.75, 3.05) is 39.6 Å². The zero-order chi connectivity index (χ0) is 66.6. The smallest absolute Gasteiger partial charge is 0.462 e. The van der Waals surface area contributed by atoms with Crippen molar-refractivity contribution in [1.29, 1.82) is 0 Å². The Morgan fingerprint density at radius 3 is 0.756 bits per heavy atom. The van der Waals surface area contributed by atoms with Crippen molar-refractivity contribution in [1.82, 2.24) is 0 Å². The predicted octanol–water partition coefficient (Wildman–Crippen LogP) is 20.2. The van der Waals surface area contributed by atoms with Crippen LogP contribution in [0.4, 0.5) is 0 Å². The van der Waals surface area contributed by atoms with Gasteiger partial charge in [0.2, 0.25) is 0 Å². The van der Waals surface area contributed by atoms with Gasteiger partial charge in [0.05, 0.1) is 26.4 Å². The SMILES string of the molecule is CCCCCCCCCCCCCCCC(=O)OC[C@H](COP(=O)(O)OC[C@@H](O)COP(=O)(O)OC[C@@H](COC(=O)CCCCCCCCC(C)C)OC(=O)CCCCCCCCC(C)C)OC(=O)CCCCCCCCCCCCCCCCCCC(C)C. The van der Waals surface area contributed by atoms with E-state index in [2.05, 4.69) is 48.5 Å². The summed E-state index contributed by atoms with van der Waals surface area (Å²) in [5.41, 5.74) is 0. The number of hydrogen-bond acceptors (Lipinski definition) is 15. The Labute approximate surface area is 549 Å². The number of rotatable bonds is 69. The summed E-state index contributed by atoms with van der Waals surface area (Å²) in [5.74, 6) is 0.0273. The van der Waals surface area contributed by atoms with Crippen LogP contribution in [0.1, 0.15) is 357 Å². The van der Waals surface area contributed by atoms with Crippen molar-refractivity contribution in [3.8, 4) is 0 Å². The number of carbonyl (C=O) groups is 4. The molecule has 0 spiro atoms. The maximum atomic E-state index is 13.0. The van der Waals surface area contributed by atoms with Gasteiger partial charge in [0.15, 0.2) is 12.2 Å². The molecule has 3 N–H and O–H groups in total. The molecule has 0 aliphatic heterocycles. The molecule has 0 amide bonds. The third-order valence-electron chi connectivity index (χ3n) is 16.4. The molecular weight excluding hydrogens is 1190 g/mol. The lowest BCUT2D eigenvalue weighted by molar-refractivity contribution is -0.161. The molecular formula is C71H138O17P2. The molecule has 2 unspecified atom stereocenters. The largest absolute Gasteiger partial charge is 0.472 e.